The van der Waals surface area contributed by atoms with E-state index in [-0.39, 0.29) is 0 Å². The Balaban J connectivity index is 1.85. The molecule has 1 heterocycles. The predicted octanol–water partition coefficient (Wildman–Crippen LogP) is 6.22. The van der Waals surface area contributed by atoms with E-state index in [0.29, 0.717) is 12.0 Å². The van der Waals surface area contributed by atoms with Crippen LogP contribution in [0, 0.1) is 5.92 Å². The zero-order chi connectivity index (χ0) is 19.1. The number of benzene rings is 2. The van der Waals surface area contributed by atoms with Crippen LogP contribution in [0.5, 0.6) is 0 Å². The summed E-state index contributed by atoms with van der Waals surface area (Å²) in [4.78, 5) is 9.83. The van der Waals surface area contributed by atoms with Crippen molar-refractivity contribution in [2.45, 2.75) is 43.3 Å². The predicted molar refractivity (Wildman–Crippen MR) is 115 cm³/mol. The molecule has 1 aromatic heterocycles. The summed E-state index contributed by atoms with van der Waals surface area (Å²) >= 11 is 1.58. The minimum absolute atomic E-state index is 0.397. The van der Waals surface area contributed by atoms with Gasteiger partial charge in [0.15, 0.2) is 5.16 Å². The highest BCUT2D eigenvalue weighted by Crippen LogP contribution is 2.35. The van der Waals surface area contributed by atoms with E-state index < -0.39 is 0 Å². The van der Waals surface area contributed by atoms with Crippen LogP contribution in [0.1, 0.15) is 27.2 Å². The summed E-state index contributed by atoms with van der Waals surface area (Å²) in [5, 5.41) is 7.85. The molecule has 0 aliphatic rings. The van der Waals surface area contributed by atoms with E-state index in [1.807, 2.05) is 24.3 Å². The Morgan fingerprint density at radius 1 is 0.889 bits per heavy atom. The molecule has 140 valence electrons. The average molecular weight is 379 g/mol. The fraction of sp³-hybridized carbons (Fsp3) is 0.273. The molecule has 3 rings (SSSR count). The smallest absolute Gasteiger partial charge is 0.192 e. The Labute approximate surface area is 165 Å². The molecule has 0 fully saturated rings. The van der Waals surface area contributed by atoms with Gasteiger partial charge in [-0.25, -0.2) is 9.97 Å². The first-order chi connectivity index (χ1) is 13.1. The summed E-state index contributed by atoms with van der Waals surface area (Å²) in [5.74, 6) is 0.653. The van der Waals surface area contributed by atoms with Crippen molar-refractivity contribution in [2.24, 2.45) is 5.92 Å². The summed E-state index contributed by atoms with van der Waals surface area (Å²) in [6.07, 6.45) is 4.67. The first-order valence-electron chi connectivity index (χ1n) is 9.27. The Hall–Kier alpha value is -2.53. The lowest BCUT2D eigenvalue weighted by atomic mass is 10.1. The molecule has 0 bridgehead atoms. The van der Waals surface area contributed by atoms with Crippen LogP contribution in [0.25, 0.3) is 0 Å². The molecule has 0 radical (unpaired) electrons. The number of rotatable bonds is 8. The second-order valence-electron chi connectivity index (χ2n) is 7.01. The molecule has 0 saturated carbocycles. The largest absolute Gasteiger partial charge is 0.382 e. The lowest BCUT2D eigenvalue weighted by Gasteiger charge is -2.20. The molecule has 1 unspecified atom stereocenters. The molecule has 2 N–H and O–H groups in total. The summed E-state index contributed by atoms with van der Waals surface area (Å²) in [5.41, 5.74) is 3.22. The van der Waals surface area contributed by atoms with E-state index in [1.54, 1.807) is 24.2 Å². The van der Waals surface area contributed by atoms with Crippen molar-refractivity contribution in [1.29, 1.82) is 0 Å². The minimum Gasteiger partial charge on any atom is -0.382 e. The zero-order valence-electron chi connectivity index (χ0n) is 16.0. The van der Waals surface area contributed by atoms with Gasteiger partial charge < -0.3 is 10.6 Å². The molecule has 5 heteroatoms. The number of hydrogen-bond acceptors (Lipinski definition) is 5. The maximum absolute atomic E-state index is 4.36. The zero-order valence-corrected chi connectivity index (χ0v) is 16.8. The van der Waals surface area contributed by atoms with Crippen LogP contribution in [0.2, 0.25) is 0 Å². The van der Waals surface area contributed by atoms with Gasteiger partial charge in [-0.05, 0) is 67.4 Å². The highest BCUT2D eigenvalue weighted by Gasteiger charge is 2.11. The average Bonchev–Trinajstić information content (AvgIpc) is 2.65. The van der Waals surface area contributed by atoms with Crippen molar-refractivity contribution in [2.75, 3.05) is 10.6 Å². The molecule has 0 amide bonds. The Morgan fingerprint density at radius 2 is 1.63 bits per heavy atom. The van der Waals surface area contributed by atoms with Crippen LogP contribution >= 0.6 is 11.8 Å². The third-order valence-corrected chi connectivity index (χ3v) is 4.97. The fourth-order valence-electron chi connectivity index (χ4n) is 2.96. The van der Waals surface area contributed by atoms with Gasteiger partial charge in [-0.2, -0.15) is 0 Å². The van der Waals surface area contributed by atoms with Crippen LogP contribution in [0.3, 0.4) is 0 Å². The molecule has 3 aromatic rings. The van der Waals surface area contributed by atoms with E-state index in [9.17, 15) is 0 Å². The molecular formula is C22H26N4S. The molecule has 27 heavy (non-hydrogen) atoms. The van der Waals surface area contributed by atoms with Gasteiger partial charge in [0.2, 0.25) is 0 Å². The number of nitrogens with one attached hydrogen (secondary N) is 2. The van der Waals surface area contributed by atoms with Gasteiger partial charge in [0.1, 0.15) is 0 Å². The maximum atomic E-state index is 4.36. The summed E-state index contributed by atoms with van der Waals surface area (Å²) < 4.78 is 0. The SMILES string of the molecule is CC(C)CC(C)Nc1ccc(Nc2ccccc2)cc1Sc1ncccn1. The van der Waals surface area contributed by atoms with E-state index in [0.717, 1.165) is 33.5 Å². The molecule has 0 aliphatic heterocycles. The Bertz CT molecular complexity index is 837. The number of hydrogen-bond donors (Lipinski definition) is 2. The third kappa shape index (κ3) is 6.00. The first-order valence-corrected chi connectivity index (χ1v) is 10.1. The van der Waals surface area contributed by atoms with Crippen molar-refractivity contribution >= 4 is 28.8 Å². The van der Waals surface area contributed by atoms with Crippen LogP contribution < -0.4 is 10.6 Å². The van der Waals surface area contributed by atoms with Gasteiger partial charge in [0.25, 0.3) is 0 Å². The van der Waals surface area contributed by atoms with Gasteiger partial charge in [0, 0.05) is 40.4 Å². The van der Waals surface area contributed by atoms with Crippen molar-refractivity contribution in [3.8, 4) is 0 Å². The lowest BCUT2D eigenvalue weighted by molar-refractivity contribution is 0.539. The van der Waals surface area contributed by atoms with E-state index in [1.165, 1.54) is 0 Å². The highest BCUT2D eigenvalue weighted by atomic mass is 32.2. The summed E-state index contributed by atoms with van der Waals surface area (Å²) in [7, 11) is 0. The van der Waals surface area contributed by atoms with E-state index in [2.05, 4.69) is 71.7 Å². The third-order valence-electron chi connectivity index (χ3n) is 4.01. The van der Waals surface area contributed by atoms with Crippen molar-refractivity contribution in [1.82, 2.24) is 9.97 Å². The van der Waals surface area contributed by atoms with Crippen molar-refractivity contribution in [3.63, 3.8) is 0 Å². The topological polar surface area (TPSA) is 49.8 Å². The molecule has 0 saturated heterocycles. The number of para-hydroxylation sites is 1. The summed E-state index contributed by atoms with van der Waals surface area (Å²) in [6.45, 7) is 6.72. The quantitative estimate of drug-likeness (QED) is 0.456. The van der Waals surface area contributed by atoms with E-state index >= 15 is 0 Å². The van der Waals surface area contributed by atoms with Gasteiger partial charge in [-0.3, -0.25) is 0 Å². The van der Waals surface area contributed by atoms with Crippen LogP contribution in [-0.4, -0.2) is 16.0 Å². The number of nitrogens with zero attached hydrogens (tertiary/aromatic N) is 2. The Kier molecular flexibility index (Phi) is 6.71. The van der Waals surface area contributed by atoms with Crippen molar-refractivity contribution in [3.05, 3.63) is 67.0 Å². The number of anilines is 3. The van der Waals surface area contributed by atoms with E-state index in [4.69, 9.17) is 0 Å². The molecular weight excluding hydrogens is 352 g/mol. The van der Waals surface area contributed by atoms with Gasteiger partial charge in [-0.1, -0.05) is 32.0 Å². The molecule has 0 spiro atoms. The van der Waals surface area contributed by atoms with Gasteiger partial charge in [0.05, 0.1) is 0 Å². The molecule has 1 atom stereocenters. The van der Waals surface area contributed by atoms with Gasteiger partial charge >= 0.3 is 0 Å². The lowest BCUT2D eigenvalue weighted by Crippen LogP contribution is -2.17. The van der Waals surface area contributed by atoms with Crippen LogP contribution in [0.4, 0.5) is 17.1 Å². The van der Waals surface area contributed by atoms with Gasteiger partial charge in [-0.15, -0.1) is 0 Å². The molecule has 4 nitrogen and oxygen atoms in total. The monoisotopic (exact) mass is 378 g/mol. The molecule has 2 aromatic carbocycles. The fourth-order valence-corrected chi connectivity index (χ4v) is 3.81. The van der Waals surface area contributed by atoms with Crippen molar-refractivity contribution < 1.29 is 0 Å². The molecule has 0 aliphatic carbocycles. The minimum atomic E-state index is 0.397. The summed E-state index contributed by atoms with van der Waals surface area (Å²) in [6, 6.07) is 18.8. The van der Waals surface area contributed by atoms with Crippen LogP contribution in [-0.2, 0) is 0 Å². The van der Waals surface area contributed by atoms with Crippen LogP contribution in [0.15, 0.2) is 77.0 Å². The first kappa shape index (κ1) is 19.2. The second kappa shape index (κ2) is 9.42. The Morgan fingerprint density at radius 3 is 2.33 bits per heavy atom. The normalized spacial score (nSPS) is 12.0. The second-order valence-corrected chi connectivity index (χ2v) is 8.02. The highest BCUT2D eigenvalue weighted by molar-refractivity contribution is 7.99. The maximum Gasteiger partial charge on any atom is 0.192 e. The number of aromatic nitrogens is 2. The standard InChI is InChI=1S/C22H26N4S/c1-16(2)14-17(3)25-20-11-10-19(26-18-8-5-4-6-9-18)15-21(20)27-22-23-12-7-13-24-22/h4-13,15-17,25-26H,14H2,1-3H3.